The van der Waals surface area contributed by atoms with Crippen LogP contribution in [0.4, 0.5) is 4.79 Å². The maximum absolute atomic E-state index is 10.7. The van der Waals surface area contributed by atoms with Gasteiger partial charge in [-0.1, -0.05) is 0 Å². The molecule has 0 aliphatic carbocycles. The van der Waals surface area contributed by atoms with Crippen molar-refractivity contribution in [3.05, 3.63) is 0 Å². The monoisotopic (exact) mass is 174 g/mol. The number of hydrogen-bond acceptors (Lipinski definition) is 3. The van der Waals surface area contributed by atoms with Crippen molar-refractivity contribution in [2.24, 2.45) is 0 Å². The molecule has 0 bridgehead atoms. The molecule has 0 spiro atoms. The predicted molar refractivity (Wildman–Crippen MR) is 43.1 cm³/mol. The lowest BCUT2D eigenvalue weighted by Gasteiger charge is -2.33. The fourth-order valence-electron chi connectivity index (χ4n) is 1.42. The van der Waals surface area contributed by atoms with Crippen molar-refractivity contribution < 1.29 is 15.0 Å². The fourth-order valence-corrected chi connectivity index (χ4v) is 1.42. The van der Waals surface area contributed by atoms with Gasteiger partial charge in [0.1, 0.15) is 0 Å². The zero-order chi connectivity index (χ0) is 8.97. The lowest BCUT2D eigenvalue weighted by atomic mass is 10.1. The van der Waals surface area contributed by atoms with Gasteiger partial charge in [-0.05, 0) is 6.42 Å². The van der Waals surface area contributed by atoms with Crippen LogP contribution in [-0.4, -0.2) is 53.5 Å². The number of rotatable bonds is 2. The molecular weight excluding hydrogens is 160 g/mol. The predicted octanol–water partition coefficient (Wildman–Crippen LogP) is -0.679. The second-order valence-corrected chi connectivity index (χ2v) is 2.85. The van der Waals surface area contributed by atoms with E-state index in [4.69, 9.17) is 10.2 Å². The summed E-state index contributed by atoms with van der Waals surface area (Å²) in [4.78, 5) is 12.0. The first-order valence-corrected chi connectivity index (χ1v) is 4.07. The Hall–Kier alpha value is -0.810. The van der Waals surface area contributed by atoms with Crippen molar-refractivity contribution in [3.8, 4) is 0 Å². The molecule has 0 aromatic rings. The van der Waals surface area contributed by atoms with E-state index in [-0.39, 0.29) is 12.6 Å². The molecule has 1 heterocycles. The second kappa shape index (κ2) is 4.27. The van der Waals surface area contributed by atoms with Crippen LogP contribution in [0.25, 0.3) is 0 Å². The van der Waals surface area contributed by atoms with Crippen molar-refractivity contribution in [1.82, 2.24) is 10.2 Å². The van der Waals surface area contributed by atoms with Gasteiger partial charge < -0.3 is 20.4 Å². The number of piperazine rings is 1. The first-order chi connectivity index (χ1) is 5.75. The highest BCUT2D eigenvalue weighted by Crippen LogP contribution is 2.06. The molecule has 0 radical (unpaired) electrons. The van der Waals surface area contributed by atoms with E-state index < -0.39 is 6.09 Å². The van der Waals surface area contributed by atoms with Crippen LogP contribution in [0.3, 0.4) is 0 Å². The van der Waals surface area contributed by atoms with Crippen LogP contribution in [0.1, 0.15) is 6.42 Å². The van der Waals surface area contributed by atoms with Gasteiger partial charge in [-0.2, -0.15) is 0 Å². The van der Waals surface area contributed by atoms with Crippen molar-refractivity contribution in [3.63, 3.8) is 0 Å². The number of carbonyl (C=O) groups is 1. The quantitative estimate of drug-likeness (QED) is 0.518. The van der Waals surface area contributed by atoms with Crippen molar-refractivity contribution in [2.45, 2.75) is 12.5 Å². The minimum absolute atomic E-state index is 0.0378. The highest BCUT2D eigenvalue weighted by Gasteiger charge is 2.25. The summed E-state index contributed by atoms with van der Waals surface area (Å²) in [5, 5.41) is 20.5. The zero-order valence-corrected chi connectivity index (χ0v) is 6.86. The SMILES string of the molecule is O=C(O)N1CCNC[C@@H]1CCO. The Morgan fingerprint density at radius 3 is 3.00 bits per heavy atom. The zero-order valence-electron chi connectivity index (χ0n) is 6.86. The first-order valence-electron chi connectivity index (χ1n) is 4.07. The summed E-state index contributed by atoms with van der Waals surface area (Å²) in [6.07, 6.45) is -0.380. The molecule has 70 valence electrons. The van der Waals surface area contributed by atoms with Crippen molar-refractivity contribution in [1.29, 1.82) is 0 Å². The maximum atomic E-state index is 10.7. The largest absolute Gasteiger partial charge is 0.465 e. The fraction of sp³-hybridized carbons (Fsp3) is 0.857. The molecule has 1 aliphatic heterocycles. The van der Waals surface area contributed by atoms with Crippen LogP contribution in [0, 0.1) is 0 Å². The van der Waals surface area contributed by atoms with E-state index in [1.165, 1.54) is 4.90 Å². The smallest absolute Gasteiger partial charge is 0.407 e. The summed E-state index contributed by atoms with van der Waals surface area (Å²) in [7, 11) is 0. The Balaban J connectivity index is 2.48. The second-order valence-electron chi connectivity index (χ2n) is 2.85. The number of nitrogens with one attached hydrogen (secondary N) is 1. The average Bonchev–Trinajstić information content (AvgIpc) is 2.05. The molecule has 1 amide bonds. The molecule has 0 saturated carbocycles. The number of aliphatic hydroxyl groups excluding tert-OH is 1. The maximum Gasteiger partial charge on any atom is 0.407 e. The Kier molecular flexibility index (Phi) is 3.31. The van der Waals surface area contributed by atoms with E-state index in [1.54, 1.807) is 0 Å². The van der Waals surface area contributed by atoms with Crippen LogP contribution >= 0.6 is 0 Å². The molecule has 5 heteroatoms. The van der Waals surface area contributed by atoms with Crippen LogP contribution in [-0.2, 0) is 0 Å². The average molecular weight is 174 g/mol. The van der Waals surface area contributed by atoms with E-state index in [2.05, 4.69) is 5.32 Å². The van der Waals surface area contributed by atoms with Crippen LogP contribution in [0.2, 0.25) is 0 Å². The molecule has 0 aromatic carbocycles. The Morgan fingerprint density at radius 2 is 2.42 bits per heavy atom. The molecule has 1 rings (SSSR count). The van der Waals surface area contributed by atoms with Crippen LogP contribution < -0.4 is 5.32 Å². The van der Waals surface area contributed by atoms with Gasteiger partial charge in [-0.15, -0.1) is 0 Å². The highest BCUT2D eigenvalue weighted by atomic mass is 16.4. The van der Waals surface area contributed by atoms with Crippen molar-refractivity contribution >= 4 is 6.09 Å². The van der Waals surface area contributed by atoms with E-state index >= 15 is 0 Å². The summed E-state index contributed by atoms with van der Waals surface area (Å²) in [5.74, 6) is 0. The number of amides is 1. The van der Waals surface area contributed by atoms with Gasteiger partial charge in [-0.3, -0.25) is 0 Å². The molecule has 1 saturated heterocycles. The van der Waals surface area contributed by atoms with Gasteiger partial charge >= 0.3 is 6.09 Å². The molecule has 3 N–H and O–H groups in total. The molecule has 1 fully saturated rings. The third kappa shape index (κ3) is 2.09. The third-order valence-corrected chi connectivity index (χ3v) is 2.06. The lowest BCUT2D eigenvalue weighted by Crippen LogP contribution is -2.53. The molecule has 0 aromatic heterocycles. The Morgan fingerprint density at radius 1 is 1.67 bits per heavy atom. The lowest BCUT2D eigenvalue weighted by molar-refractivity contribution is 0.101. The highest BCUT2D eigenvalue weighted by molar-refractivity contribution is 5.65. The summed E-state index contributed by atoms with van der Waals surface area (Å²) in [5.41, 5.74) is 0. The van der Waals surface area contributed by atoms with Crippen molar-refractivity contribution in [2.75, 3.05) is 26.2 Å². The van der Waals surface area contributed by atoms with E-state index in [0.29, 0.717) is 26.1 Å². The van der Waals surface area contributed by atoms with Gasteiger partial charge in [0.2, 0.25) is 0 Å². The van der Waals surface area contributed by atoms with E-state index in [9.17, 15) is 4.79 Å². The Labute approximate surface area is 71.0 Å². The van der Waals surface area contributed by atoms with Gasteiger partial charge in [0.15, 0.2) is 0 Å². The first kappa shape index (κ1) is 9.28. The summed E-state index contributed by atoms with van der Waals surface area (Å²) in [6.45, 7) is 1.90. The molecule has 5 nitrogen and oxygen atoms in total. The molecular formula is C7H14N2O3. The van der Waals surface area contributed by atoms with Gasteiger partial charge in [0.05, 0.1) is 0 Å². The summed E-state index contributed by atoms with van der Waals surface area (Å²) >= 11 is 0. The summed E-state index contributed by atoms with van der Waals surface area (Å²) in [6, 6.07) is -0.0683. The van der Waals surface area contributed by atoms with E-state index in [1.807, 2.05) is 0 Å². The third-order valence-electron chi connectivity index (χ3n) is 2.06. The molecule has 0 unspecified atom stereocenters. The van der Waals surface area contributed by atoms with Crippen LogP contribution in [0.15, 0.2) is 0 Å². The summed E-state index contributed by atoms with van der Waals surface area (Å²) < 4.78 is 0. The molecule has 1 aliphatic rings. The van der Waals surface area contributed by atoms with E-state index in [0.717, 1.165) is 0 Å². The van der Waals surface area contributed by atoms with Crippen LogP contribution in [0.5, 0.6) is 0 Å². The topological polar surface area (TPSA) is 72.8 Å². The minimum atomic E-state index is -0.894. The normalized spacial score (nSPS) is 24.1. The Bertz CT molecular complexity index is 161. The molecule has 1 atom stereocenters. The van der Waals surface area contributed by atoms with Gasteiger partial charge in [-0.25, -0.2) is 4.79 Å². The standard InChI is InChI=1S/C7H14N2O3/c10-4-1-6-5-8-2-3-9(6)7(11)12/h6,8,10H,1-5H2,(H,11,12)/t6-/m0/s1. The molecule has 12 heavy (non-hydrogen) atoms. The number of hydrogen-bond donors (Lipinski definition) is 3. The number of carboxylic acid groups (broad SMARTS) is 1. The van der Waals surface area contributed by atoms with Gasteiger partial charge in [0.25, 0.3) is 0 Å². The minimum Gasteiger partial charge on any atom is -0.465 e. The number of aliphatic hydroxyl groups is 1. The number of nitrogens with zero attached hydrogens (tertiary/aromatic N) is 1. The van der Waals surface area contributed by atoms with Gasteiger partial charge in [0, 0.05) is 32.3 Å².